The number of fused-ring (bicyclic) bond motifs is 3. The molecule has 3 heterocycles. The molecule has 3 heteroatoms. The van der Waals surface area contributed by atoms with Crippen LogP contribution < -0.4 is 4.57 Å². The van der Waals surface area contributed by atoms with E-state index in [0.29, 0.717) is 5.71 Å². The molecule has 0 aliphatic carbocycles. The molecule has 0 radical (unpaired) electrons. The summed E-state index contributed by atoms with van der Waals surface area (Å²) in [5.41, 5.74) is 6.47. The lowest BCUT2D eigenvalue weighted by Gasteiger charge is -2.06. The Balaban J connectivity index is 2.12. The molecule has 0 amide bonds. The van der Waals surface area contributed by atoms with Crippen LogP contribution in [0.2, 0.25) is 0 Å². The van der Waals surface area contributed by atoms with Crippen LogP contribution in [-0.2, 0) is 13.5 Å². The van der Waals surface area contributed by atoms with Crippen molar-refractivity contribution in [2.24, 2.45) is 7.05 Å². The fourth-order valence-corrected chi connectivity index (χ4v) is 3.17. The first-order chi connectivity index (χ1) is 11.2. The normalized spacial score (nSPS) is 11.4. The van der Waals surface area contributed by atoms with Gasteiger partial charge in [0.1, 0.15) is 7.05 Å². The van der Waals surface area contributed by atoms with Crippen molar-refractivity contribution < 1.29 is 8.98 Å². The number of hydrogen-bond acceptors (Lipinski definition) is 2. The van der Waals surface area contributed by atoms with Crippen molar-refractivity contribution in [1.29, 1.82) is 0 Å². The predicted molar refractivity (Wildman–Crippen MR) is 92.2 cm³/mol. The summed E-state index contributed by atoms with van der Waals surface area (Å²) in [5, 5.41) is 2.19. The van der Waals surface area contributed by atoms with Gasteiger partial charge in [0.15, 0.2) is 11.8 Å². The number of nitrogens with zero attached hydrogens (tertiary/aromatic N) is 2. The summed E-state index contributed by atoms with van der Waals surface area (Å²) in [6, 6.07) is 12.7. The summed E-state index contributed by atoms with van der Waals surface area (Å²) in [6.45, 7) is 4.31. The number of aryl methyl sites for hydroxylation is 3. The fraction of sp³-hybridized carbons (Fsp3) is 0.200. The summed E-state index contributed by atoms with van der Waals surface area (Å²) in [7, 11) is 2.08. The Hall–Kier alpha value is -2.68. The van der Waals surface area contributed by atoms with E-state index < -0.39 is 0 Å². The maximum Gasteiger partial charge on any atom is 0.227 e. The molecule has 0 fully saturated rings. The van der Waals surface area contributed by atoms with Crippen molar-refractivity contribution in [3.05, 3.63) is 59.9 Å². The van der Waals surface area contributed by atoms with Crippen LogP contribution in [-0.4, -0.2) is 4.98 Å². The summed E-state index contributed by atoms with van der Waals surface area (Å²) in [6.07, 6.45) is 4.91. The largest absolute Gasteiger partial charge is 0.437 e. The number of benzene rings is 1. The standard InChI is InChI=1S/C20H19N2O/c1-4-14-9-11-22(3)17(12-14)18-13(2)7-8-15-16-6-5-10-21-20(16)23-19(15)18/h5-12H,4H2,1-3H3/q+1. The quantitative estimate of drug-likeness (QED) is 0.515. The molecule has 114 valence electrons. The zero-order valence-corrected chi connectivity index (χ0v) is 13.6. The summed E-state index contributed by atoms with van der Waals surface area (Å²) >= 11 is 0. The van der Waals surface area contributed by atoms with Crippen LogP contribution in [0, 0.1) is 6.92 Å². The van der Waals surface area contributed by atoms with Gasteiger partial charge in [-0.15, -0.1) is 0 Å². The van der Waals surface area contributed by atoms with Gasteiger partial charge in [-0.2, -0.15) is 0 Å². The van der Waals surface area contributed by atoms with E-state index in [9.17, 15) is 0 Å². The molecule has 3 nitrogen and oxygen atoms in total. The van der Waals surface area contributed by atoms with Gasteiger partial charge in [0.2, 0.25) is 11.4 Å². The molecule has 0 saturated heterocycles. The minimum Gasteiger partial charge on any atom is -0.437 e. The lowest BCUT2D eigenvalue weighted by Crippen LogP contribution is -2.30. The molecule has 0 aliphatic rings. The average Bonchev–Trinajstić information content (AvgIpc) is 2.94. The third-order valence-corrected chi connectivity index (χ3v) is 4.50. The molecule has 0 unspecified atom stereocenters. The van der Waals surface area contributed by atoms with E-state index in [1.807, 2.05) is 6.07 Å². The van der Waals surface area contributed by atoms with Gasteiger partial charge in [0.05, 0.1) is 5.56 Å². The molecule has 23 heavy (non-hydrogen) atoms. The van der Waals surface area contributed by atoms with Crippen molar-refractivity contribution in [2.45, 2.75) is 20.3 Å². The second-order valence-electron chi connectivity index (χ2n) is 5.98. The molecule has 0 saturated carbocycles. The van der Waals surface area contributed by atoms with Gasteiger partial charge >= 0.3 is 0 Å². The number of furan rings is 1. The minimum absolute atomic E-state index is 0.698. The SMILES string of the molecule is CCc1cc[n+](C)c(-c2c(C)ccc3c2oc2ncccc23)c1. The van der Waals surface area contributed by atoms with Gasteiger partial charge in [-0.3, -0.25) is 0 Å². The van der Waals surface area contributed by atoms with Gasteiger partial charge in [-0.25, -0.2) is 9.55 Å². The van der Waals surface area contributed by atoms with Crippen LogP contribution in [0.3, 0.4) is 0 Å². The first kappa shape index (κ1) is 13.9. The van der Waals surface area contributed by atoms with Crippen molar-refractivity contribution in [3.8, 4) is 11.3 Å². The molecular formula is C20H19N2O+. The molecule has 0 spiro atoms. The second-order valence-corrected chi connectivity index (χ2v) is 5.98. The fourth-order valence-electron chi connectivity index (χ4n) is 3.17. The monoisotopic (exact) mass is 303 g/mol. The smallest absolute Gasteiger partial charge is 0.227 e. The van der Waals surface area contributed by atoms with E-state index in [1.165, 1.54) is 16.8 Å². The molecular weight excluding hydrogens is 284 g/mol. The van der Waals surface area contributed by atoms with Gasteiger partial charge in [-0.05, 0) is 36.6 Å². The van der Waals surface area contributed by atoms with E-state index in [2.05, 4.69) is 67.0 Å². The Morgan fingerprint density at radius 1 is 1.13 bits per heavy atom. The highest BCUT2D eigenvalue weighted by molar-refractivity contribution is 6.08. The minimum atomic E-state index is 0.698. The Morgan fingerprint density at radius 3 is 2.83 bits per heavy atom. The second kappa shape index (κ2) is 5.20. The van der Waals surface area contributed by atoms with Crippen LogP contribution in [0.25, 0.3) is 33.3 Å². The third-order valence-electron chi connectivity index (χ3n) is 4.50. The molecule has 3 aromatic heterocycles. The van der Waals surface area contributed by atoms with Crippen LogP contribution in [0.5, 0.6) is 0 Å². The topological polar surface area (TPSA) is 29.9 Å². The van der Waals surface area contributed by atoms with E-state index in [1.54, 1.807) is 6.20 Å². The van der Waals surface area contributed by atoms with Gasteiger partial charge in [-0.1, -0.05) is 19.1 Å². The molecule has 4 aromatic rings. The first-order valence-corrected chi connectivity index (χ1v) is 7.95. The summed E-state index contributed by atoms with van der Waals surface area (Å²) < 4.78 is 8.28. The van der Waals surface area contributed by atoms with Crippen LogP contribution in [0.4, 0.5) is 0 Å². The van der Waals surface area contributed by atoms with Crippen molar-refractivity contribution in [1.82, 2.24) is 4.98 Å². The van der Waals surface area contributed by atoms with Crippen molar-refractivity contribution in [3.63, 3.8) is 0 Å². The molecule has 0 N–H and O–H groups in total. The molecule has 0 aliphatic heterocycles. The van der Waals surface area contributed by atoms with E-state index in [0.717, 1.165) is 28.3 Å². The van der Waals surface area contributed by atoms with Crippen molar-refractivity contribution >= 4 is 22.1 Å². The zero-order chi connectivity index (χ0) is 16.0. The Labute approximate surface area is 135 Å². The van der Waals surface area contributed by atoms with E-state index >= 15 is 0 Å². The highest BCUT2D eigenvalue weighted by atomic mass is 16.3. The number of pyridine rings is 2. The van der Waals surface area contributed by atoms with Crippen molar-refractivity contribution in [2.75, 3.05) is 0 Å². The Morgan fingerprint density at radius 2 is 2.00 bits per heavy atom. The van der Waals surface area contributed by atoms with E-state index in [-0.39, 0.29) is 0 Å². The maximum atomic E-state index is 6.12. The van der Waals surface area contributed by atoms with Crippen LogP contribution in [0.1, 0.15) is 18.1 Å². The summed E-state index contributed by atoms with van der Waals surface area (Å²) in [5.74, 6) is 0. The molecule has 0 bridgehead atoms. The number of hydrogen-bond donors (Lipinski definition) is 0. The lowest BCUT2D eigenvalue weighted by molar-refractivity contribution is -0.660. The third kappa shape index (κ3) is 2.12. The van der Waals surface area contributed by atoms with Gasteiger partial charge in [0, 0.05) is 29.1 Å². The Kier molecular flexibility index (Phi) is 3.15. The van der Waals surface area contributed by atoms with Gasteiger partial charge < -0.3 is 4.42 Å². The first-order valence-electron chi connectivity index (χ1n) is 7.95. The zero-order valence-electron chi connectivity index (χ0n) is 13.6. The number of rotatable bonds is 2. The Bertz CT molecular complexity index is 1030. The maximum absolute atomic E-state index is 6.12. The highest BCUT2D eigenvalue weighted by Gasteiger charge is 2.20. The molecule has 0 atom stereocenters. The molecule has 4 rings (SSSR count). The van der Waals surface area contributed by atoms with Crippen LogP contribution in [0.15, 0.2) is 53.2 Å². The lowest BCUT2D eigenvalue weighted by atomic mass is 9.99. The van der Waals surface area contributed by atoms with E-state index in [4.69, 9.17) is 4.42 Å². The average molecular weight is 303 g/mol. The highest BCUT2D eigenvalue weighted by Crippen LogP contribution is 2.36. The molecule has 1 aromatic carbocycles. The number of aromatic nitrogens is 2. The van der Waals surface area contributed by atoms with Gasteiger partial charge in [0.25, 0.3) is 0 Å². The predicted octanol–water partition coefficient (Wildman–Crippen LogP) is 4.34. The summed E-state index contributed by atoms with van der Waals surface area (Å²) in [4.78, 5) is 4.37. The van der Waals surface area contributed by atoms with Crippen LogP contribution >= 0.6 is 0 Å².